The van der Waals surface area contributed by atoms with Gasteiger partial charge < -0.3 is 5.73 Å². The molecular weight excluding hydrogens is 440 g/mol. The van der Waals surface area contributed by atoms with Crippen LogP contribution in [0.1, 0.15) is 60.5 Å². The molecule has 7 nitrogen and oxygen atoms in total. The number of hydrogen-bond acceptors (Lipinski definition) is 5. The molecule has 1 aromatic heterocycles. The van der Waals surface area contributed by atoms with E-state index in [0.29, 0.717) is 6.54 Å². The van der Waals surface area contributed by atoms with Gasteiger partial charge in [0.25, 0.3) is 5.56 Å². The van der Waals surface area contributed by atoms with Crippen molar-refractivity contribution >= 4 is 11.6 Å². The van der Waals surface area contributed by atoms with Crippen LogP contribution < -0.4 is 17.0 Å². The molecule has 0 amide bonds. The Balaban J connectivity index is 1.70. The van der Waals surface area contributed by atoms with Crippen molar-refractivity contribution in [1.82, 2.24) is 14.0 Å². The van der Waals surface area contributed by atoms with Gasteiger partial charge in [-0.15, -0.1) is 0 Å². The number of nitrogens with zero attached hydrogens (tertiary/aromatic N) is 3. The van der Waals surface area contributed by atoms with Crippen molar-refractivity contribution in [1.29, 1.82) is 0 Å². The van der Waals surface area contributed by atoms with Gasteiger partial charge in [-0.2, -0.15) is 0 Å². The molecule has 7 heteroatoms. The Kier molecular flexibility index (Phi) is 7.98. The first-order valence-corrected chi connectivity index (χ1v) is 12.5. The van der Waals surface area contributed by atoms with Crippen molar-refractivity contribution < 1.29 is 4.79 Å². The smallest absolute Gasteiger partial charge is 0.332 e. The number of benzene rings is 2. The van der Waals surface area contributed by atoms with Crippen molar-refractivity contribution in [3.8, 4) is 0 Å². The lowest BCUT2D eigenvalue weighted by atomic mass is 9.93. The fourth-order valence-electron chi connectivity index (χ4n) is 5.02. The van der Waals surface area contributed by atoms with Crippen LogP contribution >= 0.6 is 0 Å². The van der Waals surface area contributed by atoms with Crippen LogP contribution in [0.3, 0.4) is 0 Å². The van der Waals surface area contributed by atoms with Gasteiger partial charge in [-0.3, -0.25) is 23.6 Å². The minimum absolute atomic E-state index is 0.0538. The van der Waals surface area contributed by atoms with Gasteiger partial charge in [0, 0.05) is 19.1 Å². The highest BCUT2D eigenvalue weighted by Crippen LogP contribution is 2.24. The first-order valence-electron chi connectivity index (χ1n) is 12.5. The van der Waals surface area contributed by atoms with Crippen LogP contribution in [0.4, 0.5) is 5.82 Å². The van der Waals surface area contributed by atoms with Crippen LogP contribution in [0, 0.1) is 0 Å². The number of ketones is 1. The molecule has 2 N–H and O–H groups in total. The molecule has 0 atom stereocenters. The Morgan fingerprint density at radius 3 is 2.11 bits per heavy atom. The zero-order valence-electron chi connectivity index (χ0n) is 20.4. The van der Waals surface area contributed by atoms with E-state index in [9.17, 15) is 14.4 Å². The van der Waals surface area contributed by atoms with Crippen LogP contribution in [0.2, 0.25) is 0 Å². The highest BCUT2D eigenvalue weighted by molar-refractivity contribution is 6.01. The van der Waals surface area contributed by atoms with Gasteiger partial charge in [0.15, 0.2) is 5.78 Å². The summed E-state index contributed by atoms with van der Waals surface area (Å²) in [7, 11) is 0. The molecule has 35 heavy (non-hydrogen) atoms. The molecule has 0 radical (unpaired) electrons. The molecule has 0 spiro atoms. The normalized spacial score (nSPS) is 14.3. The maximum atomic E-state index is 13.7. The van der Waals surface area contributed by atoms with Crippen LogP contribution in [0.25, 0.3) is 0 Å². The maximum absolute atomic E-state index is 13.7. The maximum Gasteiger partial charge on any atom is 0.332 e. The van der Waals surface area contributed by atoms with Crippen molar-refractivity contribution in [2.45, 2.75) is 64.7 Å². The molecule has 2 aromatic carbocycles. The molecular formula is C28H34N4O3. The quantitative estimate of drug-likeness (QED) is 0.478. The monoisotopic (exact) mass is 474 g/mol. The second kappa shape index (κ2) is 11.3. The van der Waals surface area contributed by atoms with Crippen molar-refractivity contribution in [2.75, 3.05) is 12.3 Å². The van der Waals surface area contributed by atoms with E-state index >= 15 is 0 Å². The predicted octanol–water partition coefficient (Wildman–Crippen LogP) is 3.68. The van der Waals surface area contributed by atoms with E-state index in [1.54, 1.807) is 6.92 Å². The zero-order chi connectivity index (χ0) is 24.8. The zero-order valence-corrected chi connectivity index (χ0v) is 20.4. The molecule has 1 aliphatic rings. The third-order valence-corrected chi connectivity index (χ3v) is 6.91. The molecule has 0 unspecified atom stereocenters. The number of carbonyl (C=O) groups excluding carboxylic acids is 1. The molecule has 3 aromatic rings. The Morgan fingerprint density at radius 1 is 0.914 bits per heavy atom. The summed E-state index contributed by atoms with van der Waals surface area (Å²) in [5.41, 5.74) is 7.18. The molecule has 1 aliphatic carbocycles. The van der Waals surface area contributed by atoms with Gasteiger partial charge in [0.2, 0.25) is 0 Å². The van der Waals surface area contributed by atoms with Gasteiger partial charge in [-0.1, -0.05) is 79.9 Å². The third kappa shape index (κ3) is 5.62. The molecule has 1 saturated carbocycles. The minimum Gasteiger partial charge on any atom is -0.384 e. The number of nitrogens with two attached hydrogens (primary N) is 1. The molecule has 0 saturated heterocycles. The lowest BCUT2D eigenvalue weighted by Gasteiger charge is -2.34. The summed E-state index contributed by atoms with van der Waals surface area (Å²) in [6.07, 6.45) is 5.54. The molecule has 0 aliphatic heterocycles. The Bertz CT molecular complexity index is 1260. The minimum atomic E-state index is -0.604. The highest BCUT2D eigenvalue weighted by atomic mass is 16.2. The largest absolute Gasteiger partial charge is 0.384 e. The van der Waals surface area contributed by atoms with Gasteiger partial charge in [-0.25, -0.2) is 4.79 Å². The van der Waals surface area contributed by atoms with Crippen LogP contribution in [0.15, 0.2) is 70.3 Å². The average Bonchev–Trinajstić information content (AvgIpc) is 2.88. The Hall–Kier alpha value is -3.45. The van der Waals surface area contributed by atoms with Crippen molar-refractivity contribution in [3.63, 3.8) is 0 Å². The summed E-state index contributed by atoms with van der Waals surface area (Å²) >= 11 is 0. The van der Waals surface area contributed by atoms with Gasteiger partial charge in [-0.05, 0) is 30.9 Å². The lowest BCUT2D eigenvalue weighted by Crippen LogP contribution is -2.46. The Morgan fingerprint density at radius 2 is 1.51 bits per heavy atom. The van der Waals surface area contributed by atoms with E-state index in [2.05, 4.69) is 17.0 Å². The number of hydrogen-bond donors (Lipinski definition) is 1. The second-order valence-corrected chi connectivity index (χ2v) is 9.27. The number of aromatic nitrogens is 2. The van der Waals surface area contributed by atoms with Gasteiger partial charge >= 0.3 is 5.69 Å². The topological polar surface area (TPSA) is 90.3 Å². The summed E-state index contributed by atoms with van der Waals surface area (Å²) in [4.78, 5) is 42.1. The average molecular weight is 475 g/mol. The first kappa shape index (κ1) is 24.7. The molecule has 0 bridgehead atoms. The number of nitrogen functional groups attached to an aromatic ring is 1. The number of Topliss-reactive ketones (excluding diaryl/α,β-unsaturated/α-hetero) is 1. The number of anilines is 1. The second-order valence-electron chi connectivity index (χ2n) is 9.27. The fourth-order valence-corrected chi connectivity index (χ4v) is 5.02. The fraction of sp³-hybridized carbons (Fsp3) is 0.393. The summed E-state index contributed by atoms with van der Waals surface area (Å²) in [5.74, 6) is -0.389. The van der Waals surface area contributed by atoms with Gasteiger partial charge in [0.05, 0.1) is 13.1 Å². The van der Waals surface area contributed by atoms with Crippen LogP contribution in [-0.4, -0.2) is 32.4 Å². The highest BCUT2D eigenvalue weighted by Gasteiger charge is 2.28. The first-order chi connectivity index (χ1) is 17.0. The Labute approximate surface area is 205 Å². The van der Waals surface area contributed by atoms with E-state index < -0.39 is 11.2 Å². The summed E-state index contributed by atoms with van der Waals surface area (Å²) < 4.78 is 2.45. The molecule has 4 rings (SSSR count). The van der Waals surface area contributed by atoms with E-state index in [0.717, 1.165) is 41.4 Å². The standard InChI is InChI=1S/C28H34N4O3/c1-2-31-27(34)25(26(29)32(28(31)35)19-22-14-8-4-9-15-22)24(33)20-30(23-16-10-5-11-17-23)18-21-12-6-3-7-13-21/h3-4,6-9,12-15,23H,2,5,10-11,16-20,29H2,1H3. The number of rotatable bonds is 9. The summed E-state index contributed by atoms with van der Waals surface area (Å²) in [6.45, 7) is 2.81. The van der Waals surface area contributed by atoms with E-state index in [-0.39, 0.29) is 42.8 Å². The summed E-state index contributed by atoms with van der Waals surface area (Å²) in [5, 5.41) is 0. The van der Waals surface area contributed by atoms with Crippen molar-refractivity contribution in [2.24, 2.45) is 0 Å². The lowest BCUT2D eigenvalue weighted by molar-refractivity contribution is 0.0842. The molecule has 1 heterocycles. The van der Waals surface area contributed by atoms with E-state index in [1.807, 2.05) is 48.5 Å². The predicted molar refractivity (Wildman–Crippen MR) is 139 cm³/mol. The SMILES string of the molecule is CCn1c(=O)c(C(=O)CN(Cc2ccccc2)C2CCCCC2)c(N)n(Cc2ccccc2)c1=O. The van der Waals surface area contributed by atoms with E-state index in [4.69, 9.17) is 5.73 Å². The third-order valence-electron chi connectivity index (χ3n) is 6.91. The van der Waals surface area contributed by atoms with E-state index in [1.165, 1.54) is 11.0 Å². The molecule has 1 fully saturated rings. The summed E-state index contributed by atoms with van der Waals surface area (Å²) in [6, 6.07) is 19.8. The molecule has 184 valence electrons. The van der Waals surface area contributed by atoms with Crippen LogP contribution in [-0.2, 0) is 19.6 Å². The van der Waals surface area contributed by atoms with Crippen molar-refractivity contribution in [3.05, 3.63) is 98.2 Å². The van der Waals surface area contributed by atoms with Crippen LogP contribution in [0.5, 0.6) is 0 Å². The number of carbonyl (C=O) groups is 1. The van der Waals surface area contributed by atoms with Gasteiger partial charge in [0.1, 0.15) is 11.4 Å².